The molecule has 1 spiro atoms. The molecule has 1 saturated carbocycles. The molecule has 12 heavy (non-hydrogen) atoms. The number of ether oxygens (including phenoxy) is 1. The van der Waals surface area contributed by atoms with Crippen molar-refractivity contribution in [3.63, 3.8) is 0 Å². The van der Waals surface area contributed by atoms with Crippen LogP contribution >= 0.6 is 0 Å². The molecule has 1 saturated heterocycles. The molecule has 0 radical (unpaired) electrons. The summed E-state index contributed by atoms with van der Waals surface area (Å²) in [4.78, 5) is 11.6. The second-order valence-electron chi connectivity index (χ2n) is 4.48. The average molecular weight is 168 g/mol. The van der Waals surface area contributed by atoms with Crippen LogP contribution in [0.1, 0.15) is 26.7 Å². The predicted octanol–water partition coefficient (Wildman–Crippen LogP) is 1.64. The highest BCUT2D eigenvalue weighted by molar-refractivity contribution is 5.86. The molecule has 2 atom stereocenters. The minimum absolute atomic E-state index is 0.204. The molecule has 2 aliphatic rings. The third-order valence-electron chi connectivity index (χ3n) is 3.24. The summed E-state index contributed by atoms with van der Waals surface area (Å²) in [6.45, 7) is 5.67. The van der Waals surface area contributed by atoms with E-state index in [2.05, 4.69) is 0 Å². The lowest BCUT2D eigenvalue weighted by Gasteiger charge is -2.07. The van der Waals surface area contributed by atoms with Crippen LogP contribution in [0.2, 0.25) is 0 Å². The Labute approximate surface area is 73.3 Å². The topological polar surface area (TPSA) is 26.3 Å². The first kappa shape index (κ1) is 8.24. The van der Waals surface area contributed by atoms with Crippen LogP contribution in [0.3, 0.4) is 0 Å². The first-order chi connectivity index (χ1) is 5.66. The largest absolute Gasteiger partial charge is 0.381 e. The first-order valence-electron chi connectivity index (χ1n) is 4.77. The van der Waals surface area contributed by atoms with Gasteiger partial charge in [0, 0.05) is 23.9 Å². The maximum Gasteiger partial charge on any atom is 0.139 e. The van der Waals surface area contributed by atoms with Crippen LogP contribution < -0.4 is 0 Å². The molecule has 0 N–H and O–H groups in total. The number of carbonyl (C=O) groups is 1. The molecular weight excluding hydrogens is 152 g/mol. The molecule has 1 aliphatic carbocycles. The van der Waals surface area contributed by atoms with Gasteiger partial charge in [-0.3, -0.25) is 4.79 Å². The van der Waals surface area contributed by atoms with Crippen molar-refractivity contribution < 1.29 is 9.53 Å². The standard InChI is InChI=1S/C10H16O2/c1-7(2)9(11)8-5-10(8)3-4-12-6-10/h7-8H,3-6H2,1-2H3. The zero-order chi connectivity index (χ0) is 8.77. The Bertz CT molecular complexity index is 202. The quantitative estimate of drug-likeness (QED) is 0.626. The van der Waals surface area contributed by atoms with Crippen molar-refractivity contribution in [3.8, 4) is 0 Å². The van der Waals surface area contributed by atoms with E-state index in [1.54, 1.807) is 0 Å². The summed E-state index contributed by atoms with van der Waals surface area (Å²) < 4.78 is 5.33. The zero-order valence-electron chi connectivity index (χ0n) is 7.80. The molecule has 0 aromatic carbocycles. The highest BCUT2D eigenvalue weighted by Crippen LogP contribution is 2.58. The van der Waals surface area contributed by atoms with E-state index < -0.39 is 0 Å². The van der Waals surface area contributed by atoms with E-state index in [9.17, 15) is 4.79 Å². The van der Waals surface area contributed by atoms with Crippen molar-refractivity contribution in [1.82, 2.24) is 0 Å². The van der Waals surface area contributed by atoms with Gasteiger partial charge in [0.2, 0.25) is 0 Å². The first-order valence-corrected chi connectivity index (χ1v) is 4.77. The summed E-state index contributed by atoms with van der Waals surface area (Å²) in [7, 11) is 0. The smallest absolute Gasteiger partial charge is 0.139 e. The van der Waals surface area contributed by atoms with E-state index in [0.29, 0.717) is 17.1 Å². The minimum Gasteiger partial charge on any atom is -0.381 e. The molecule has 1 aliphatic heterocycles. The molecule has 0 bridgehead atoms. The van der Waals surface area contributed by atoms with Crippen LogP contribution in [-0.4, -0.2) is 19.0 Å². The van der Waals surface area contributed by atoms with Gasteiger partial charge >= 0.3 is 0 Å². The molecule has 0 amide bonds. The lowest BCUT2D eigenvalue weighted by atomic mass is 9.96. The number of ketones is 1. The van der Waals surface area contributed by atoms with Crippen molar-refractivity contribution >= 4 is 5.78 Å². The van der Waals surface area contributed by atoms with Gasteiger partial charge in [-0.1, -0.05) is 13.8 Å². The molecule has 2 nitrogen and oxygen atoms in total. The summed E-state index contributed by atoms with van der Waals surface area (Å²) >= 11 is 0. The van der Waals surface area contributed by atoms with Crippen LogP contribution in [0.15, 0.2) is 0 Å². The second kappa shape index (κ2) is 2.56. The third-order valence-corrected chi connectivity index (χ3v) is 3.24. The number of Topliss-reactive ketones (excluding diaryl/α,β-unsaturated/α-hetero) is 1. The van der Waals surface area contributed by atoms with Crippen molar-refractivity contribution in [2.45, 2.75) is 26.7 Å². The van der Waals surface area contributed by atoms with Gasteiger partial charge in [0.1, 0.15) is 5.78 Å². The van der Waals surface area contributed by atoms with Crippen LogP contribution in [0.5, 0.6) is 0 Å². The van der Waals surface area contributed by atoms with Crippen molar-refractivity contribution in [2.75, 3.05) is 13.2 Å². The third kappa shape index (κ3) is 1.09. The summed E-state index contributed by atoms with van der Waals surface area (Å²) in [5.74, 6) is 0.982. The highest BCUT2D eigenvalue weighted by atomic mass is 16.5. The molecule has 2 fully saturated rings. The van der Waals surface area contributed by atoms with Crippen molar-refractivity contribution in [1.29, 1.82) is 0 Å². The highest BCUT2D eigenvalue weighted by Gasteiger charge is 2.59. The van der Waals surface area contributed by atoms with Gasteiger partial charge in [0.15, 0.2) is 0 Å². The summed E-state index contributed by atoms with van der Waals surface area (Å²) in [6.07, 6.45) is 2.19. The Morgan fingerprint density at radius 2 is 2.33 bits per heavy atom. The van der Waals surface area contributed by atoms with E-state index in [1.807, 2.05) is 13.8 Å². The maximum absolute atomic E-state index is 11.6. The maximum atomic E-state index is 11.6. The normalized spacial score (nSPS) is 39.4. The van der Waals surface area contributed by atoms with Gasteiger partial charge in [-0.25, -0.2) is 0 Å². The van der Waals surface area contributed by atoms with Gasteiger partial charge < -0.3 is 4.74 Å². The van der Waals surface area contributed by atoms with E-state index >= 15 is 0 Å². The van der Waals surface area contributed by atoms with Crippen LogP contribution in [0, 0.1) is 17.3 Å². The Morgan fingerprint density at radius 1 is 1.58 bits per heavy atom. The Morgan fingerprint density at radius 3 is 2.83 bits per heavy atom. The number of carbonyl (C=O) groups excluding carboxylic acids is 1. The summed E-state index contributed by atoms with van der Waals surface area (Å²) in [5, 5.41) is 0. The molecule has 0 aromatic heterocycles. The summed E-state index contributed by atoms with van der Waals surface area (Å²) in [5.41, 5.74) is 0.293. The van der Waals surface area contributed by atoms with Crippen molar-refractivity contribution in [3.05, 3.63) is 0 Å². The fourth-order valence-corrected chi connectivity index (χ4v) is 2.21. The Balaban J connectivity index is 1.98. The van der Waals surface area contributed by atoms with E-state index in [-0.39, 0.29) is 5.92 Å². The lowest BCUT2D eigenvalue weighted by molar-refractivity contribution is -0.124. The molecule has 68 valence electrons. The number of hydrogen-bond donors (Lipinski definition) is 0. The SMILES string of the molecule is CC(C)C(=O)C1CC12CCOC2. The van der Waals surface area contributed by atoms with Gasteiger partial charge in [-0.15, -0.1) is 0 Å². The molecule has 2 heteroatoms. The Hall–Kier alpha value is -0.370. The van der Waals surface area contributed by atoms with E-state index in [0.717, 1.165) is 26.1 Å². The molecule has 2 unspecified atom stereocenters. The van der Waals surface area contributed by atoms with Crippen molar-refractivity contribution in [2.24, 2.45) is 17.3 Å². The van der Waals surface area contributed by atoms with Crippen LogP contribution in [0.4, 0.5) is 0 Å². The van der Waals surface area contributed by atoms with Crippen LogP contribution in [0.25, 0.3) is 0 Å². The van der Waals surface area contributed by atoms with Gasteiger partial charge in [0.25, 0.3) is 0 Å². The van der Waals surface area contributed by atoms with Gasteiger partial charge in [-0.05, 0) is 12.8 Å². The summed E-state index contributed by atoms with van der Waals surface area (Å²) in [6, 6.07) is 0. The van der Waals surface area contributed by atoms with Crippen LogP contribution in [-0.2, 0) is 9.53 Å². The monoisotopic (exact) mass is 168 g/mol. The number of hydrogen-bond acceptors (Lipinski definition) is 2. The second-order valence-corrected chi connectivity index (χ2v) is 4.48. The van der Waals surface area contributed by atoms with Gasteiger partial charge in [0.05, 0.1) is 6.61 Å². The van der Waals surface area contributed by atoms with Gasteiger partial charge in [-0.2, -0.15) is 0 Å². The van der Waals surface area contributed by atoms with E-state index in [1.165, 1.54) is 0 Å². The fraction of sp³-hybridized carbons (Fsp3) is 0.900. The van der Waals surface area contributed by atoms with E-state index in [4.69, 9.17) is 4.74 Å². The number of rotatable bonds is 2. The minimum atomic E-state index is 0.204. The molecule has 1 heterocycles. The fourth-order valence-electron chi connectivity index (χ4n) is 2.21. The predicted molar refractivity (Wildman–Crippen MR) is 45.8 cm³/mol. The zero-order valence-corrected chi connectivity index (χ0v) is 7.80. The average Bonchev–Trinajstić information content (AvgIpc) is 2.48. The Kier molecular flexibility index (Phi) is 1.76. The molecular formula is C10H16O2. The molecule has 0 aromatic rings. The molecule has 2 rings (SSSR count). The lowest BCUT2D eigenvalue weighted by Crippen LogP contribution is -2.15.